The summed E-state index contributed by atoms with van der Waals surface area (Å²) in [6.45, 7) is 7.87. The van der Waals surface area contributed by atoms with Gasteiger partial charge < -0.3 is 15.5 Å². The third-order valence-corrected chi connectivity index (χ3v) is 4.78. The predicted octanol–water partition coefficient (Wildman–Crippen LogP) is 4.63. The monoisotopic (exact) mass is 395 g/mol. The molecule has 0 bridgehead atoms. The van der Waals surface area contributed by atoms with E-state index in [1.807, 2.05) is 59.5 Å². The van der Waals surface area contributed by atoms with Crippen LogP contribution in [0, 0.1) is 0 Å². The Balaban J connectivity index is 1.96. The molecule has 156 valence electrons. The number of hydrogen-bond acceptors (Lipinski definition) is 3. The molecule has 0 radical (unpaired) electrons. The van der Waals surface area contributed by atoms with E-state index in [0.29, 0.717) is 5.56 Å². The molecule has 1 unspecified atom stereocenters. The first-order chi connectivity index (χ1) is 14.1. The number of hydrogen-bond donors (Lipinski definition) is 2. The summed E-state index contributed by atoms with van der Waals surface area (Å²) in [5.41, 5.74) is 2.52. The predicted molar refractivity (Wildman–Crippen MR) is 119 cm³/mol. The van der Waals surface area contributed by atoms with Crippen LogP contribution in [-0.4, -0.2) is 36.3 Å². The first-order valence-corrected chi connectivity index (χ1v) is 10.6. The second-order valence-electron chi connectivity index (χ2n) is 7.17. The molecule has 0 fully saturated rings. The maximum Gasteiger partial charge on any atom is 0.253 e. The van der Waals surface area contributed by atoms with E-state index in [4.69, 9.17) is 0 Å². The van der Waals surface area contributed by atoms with Crippen LogP contribution in [0.5, 0.6) is 0 Å². The van der Waals surface area contributed by atoms with Gasteiger partial charge in [-0.3, -0.25) is 9.59 Å². The fourth-order valence-electron chi connectivity index (χ4n) is 3.33. The van der Waals surface area contributed by atoms with Crippen molar-refractivity contribution < 1.29 is 9.59 Å². The highest BCUT2D eigenvalue weighted by Crippen LogP contribution is 2.16. The van der Waals surface area contributed by atoms with Crippen molar-refractivity contribution in [2.75, 3.05) is 25.0 Å². The Morgan fingerprint density at radius 3 is 2.24 bits per heavy atom. The van der Waals surface area contributed by atoms with Crippen molar-refractivity contribution in [1.82, 2.24) is 10.2 Å². The minimum atomic E-state index is -0.0731. The van der Waals surface area contributed by atoms with Crippen LogP contribution in [0.4, 0.5) is 5.69 Å². The van der Waals surface area contributed by atoms with Gasteiger partial charge >= 0.3 is 0 Å². The summed E-state index contributed by atoms with van der Waals surface area (Å²) in [4.78, 5) is 27.1. The molecule has 5 heteroatoms. The summed E-state index contributed by atoms with van der Waals surface area (Å²) < 4.78 is 0. The average molecular weight is 396 g/mol. The zero-order valence-corrected chi connectivity index (χ0v) is 17.8. The molecule has 1 atom stereocenters. The van der Waals surface area contributed by atoms with E-state index in [-0.39, 0.29) is 24.4 Å². The van der Waals surface area contributed by atoms with Crippen molar-refractivity contribution >= 4 is 17.5 Å². The maximum atomic E-state index is 12.8. The summed E-state index contributed by atoms with van der Waals surface area (Å²) in [7, 11) is 0. The number of carbonyl (C=O) groups is 2. The van der Waals surface area contributed by atoms with Crippen molar-refractivity contribution in [2.24, 2.45) is 0 Å². The fourth-order valence-corrected chi connectivity index (χ4v) is 3.33. The molecule has 2 aromatic carbocycles. The number of rotatable bonds is 11. The lowest BCUT2D eigenvalue weighted by molar-refractivity contribution is -0.120. The van der Waals surface area contributed by atoms with Gasteiger partial charge in [0.15, 0.2) is 0 Å². The molecule has 0 saturated heterocycles. The van der Waals surface area contributed by atoms with Crippen molar-refractivity contribution in [2.45, 2.75) is 46.1 Å². The maximum absolute atomic E-state index is 12.8. The molecule has 0 saturated carbocycles. The molecule has 0 aliphatic heterocycles. The molecule has 2 aromatic rings. The normalized spacial score (nSPS) is 11.6. The zero-order valence-electron chi connectivity index (χ0n) is 17.8. The third-order valence-electron chi connectivity index (χ3n) is 4.78. The van der Waals surface area contributed by atoms with E-state index < -0.39 is 0 Å². The molecule has 29 heavy (non-hydrogen) atoms. The molecular formula is C24H33N3O2. The fraction of sp³-hybridized carbons (Fsp3) is 0.417. The van der Waals surface area contributed by atoms with Gasteiger partial charge in [-0.05, 0) is 43.0 Å². The lowest BCUT2D eigenvalue weighted by atomic mass is 10.0. The molecule has 5 nitrogen and oxygen atoms in total. The second-order valence-corrected chi connectivity index (χ2v) is 7.17. The first-order valence-electron chi connectivity index (χ1n) is 10.6. The quantitative estimate of drug-likeness (QED) is 0.583. The SMILES string of the molecule is CCCN(CCC)C(=O)c1cccc(NCC(=O)NC(CC)c2ccccc2)c1. The molecule has 0 aromatic heterocycles. The minimum Gasteiger partial charge on any atom is -0.376 e. The summed E-state index contributed by atoms with van der Waals surface area (Å²) in [6.07, 6.45) is 2.69. The van der Waals surface area contributed by atoms with Crippen molar-refractivity contribution in [1.29, 1.82) is 0 Å². The summed E-state index contributed by atoms with van der Waals surface area (Å²) >= 11 is 0. The van der Waals surface area contributed by atoms with Crippen LogP contribution in [0.2, 0.25) is 0 Å². The van der Waals surface area contributed by atoms with Crippen LogP contribution in [0.3, 0.4) is 0 Å². The summed E-state index contributed by atoms with van der Waals surface area (Å²) in [5, 5.41) is 6.21. The van der Waals surface area contributed by atoms with E-state index in [1.54, 1.807) is 0 Å². The highest BCUT2D eigenvalue weighted by Gasteiger charge is 2.15. The van der Waals surface area contributed by atoms with Crippen LogP contribution in [0.15, 0.2) is 54.6 Å². The van der Waals surface area contributed by atoms with E-state index in [1.165, 1.54) is 0 Å². The van der Waals surface area contributed by atoms with Crippen LogP contribution in [-0.2, 0) is 4.79 Å². The van der Waals surface area contributed by atoms with E-state index >= 15 is 0 Å². The first kappa shape index (κ1) is 22.5. The summed E-state index contributed by atoms with van der Waals surface area (Å²) in [5.74, 6) is -0.0343. The van der Waals surface area contributed by atoms with Gasteiger partial charge in [-0.25, -0.2) is 0 Å². The van der Waals surface area contributed by atoms with Crippen molar-refractivity contribution in [3.63, 3.8) is 0 Å². The second kappa shape index (κ2) is 11.9. The highest BCUT2D eigenvalue weighted by atomic mass is 16.2. The van der Waals surface area contributed by atoms with E-state index in [2.05, 4.69) is 31.4 Å². The lowest BCUT2D eigenvalue weighted by Gasteiger charge is -2.22. The van der Waals surface area contributed by atoms with Gasteiger partial charge in [0.25, 0.3) is 5.91 Å². The molecular weight excluding hydrogens is 362 g/mol. The number of nitrogens with one attached hydrogen (secondary N) is 2. The average Bonchev–Trinajstić information content (AvgIpc) is 2.76. The van der Waals surface area contributed by atoms with Gasteiger partial charge in [0, 0.05) is 24.3 Å². The molecule has 2 amide bonds. The summed E-state index contributed by atoms with van der Waals surface area (Å²) in [6, 6.07) is 17.3. The number of anilines is 1. The number of nitrogens with zero attached hydrogens (tertiary/aromatic N) is 1. The van der Waals surface area contributed by atoms with Gasteiger partial charge in [-0.1, -0.05) is 57.2 Å². The Morgan fingerprint density at radius 2 is 1.62 bits per heavy atom. The van der Waals surface area contributed by atoms with Crippen LogP contribution >= 0.6 is 0 Å². The smallest absolute Gasteiger partial charge is 0.253 e. The molecule has 2 rings (SSSR count). The van der Waals surface area contributed by atoms with E-state index in [9.17, 15) is 9.59 Å². The van der Waals surface area contributed by atoms with Gasteiger partial charge in [-0.2, -0.15) is 0 Å². The highest BCUT2D eigenvalue weighted by molar-refractivity contribution is 5.95. The van der Waals surface area contributed by atoms with Crippen molar-refractivity contribution in [3.05, 3.63) is 65.7 Å². The van der Waals surface area contributed by atoms with Crippen LogP contribution < -0.4 is 10.6 Å². The Morgan fingerprint density at radius 1 is 0.931 bits per heavy atom. The Kier molecular flexibility index (Phi) is 9.22. The topological polar surface area (TPSA) is 61.4 Å². The Bertz CT molecular complexity index is 771. The third kappa shape index (κ3) is 6.93. The lowest BCUT2D eigenvalue weighted by Crippen LogP contribution is -2.33. The zero-order chi connectivity index (χ0) is 21.1. The molecule has 0 heterocycles. The molecule has 0 aliphatic rings. The van der Waals surface area contributed by atoms with Gasteiger partial charge in [0.2, 0.25) is 5.91 Å². The van der Waals surface area contributed by atoms with Gasteiger partial charge in [0.05, 0.1) is 12.6 Å². The number of benzene rings is 2. The number of carbonyl (C=O) groups excluding carboxylic acids is 2. The molecule has 2 N–H and O–H groups in total. The standard InChI is InChI=1S/C24H33N3O2/c1-4-15-27(16-5-2)24(29)20-13-10-14-21(17-20)25-18-23(28)26-22(6-3)19-11-8-7-9-12-19/h7-14,17,22,25H,4-6,15-16,18H2,1-3H3,(H,26,28). The van der Waals surface area contributed by atoms with Gasteiger partial charge in [0.1, 0.15) is 0 Å². The Labute approximate surface area is 174 Å². The minimum absolute atomic E-state index is 0.00458. The van der Waals surface area contributed by atoms with E-state index in [0.717, 1.165) is 43.6 Å². The van der Waals surface area contributed by atoms with Crippen LogP contribution in [0.25, 0.3) is 0 Å². The largest absolute Gasteiger partial charge is 0.376 e. The Hall–Kier alpha value is -2.82. The van der Waals surface area contributed by atoms with Crippen molar-refractivity contribution in [3.8, 4) is 0 Å². The molecule has 0 spiro atoms. The van der Waals surface area contributed by atoms with Crippen LogP contribution in [0.1, 0.15) is 62.0 Å². The molecule has 0 aliphatic carbocycles. The number of amides is 2. The van der Waals surface area contributed by atoms with Gasteiger partial charge in [-0.15, -0.1) is 0 Å².